The van der Waals surface area contributed by atoms with Crippen LogP contribution in [0, 0.1) is 6.92 Å². The van der Waals surface area contributed by atoms with Gasteiger partial charge in [-0.1, -0.05) is 26.2 Å². The van der Waals surface area contributed by atoms with Crippen LogP contribution in [-0.4, -0.2) is 17.3 Å². The molecule has 0 aromatic carbocycles. The first-order valence-electron chi connectivity index (χ1n) is 3.95. The Morgan fingerprint density at radius 2 is 2.10 bits per heavy atom. The molecule has 0 rings (SSSR count). The predicted molar refractivity (Wildman–Crippen MR) is 43.5 cm³/mol. The molecule has 2 nitrogen and oxygen atoms in total. The van der Waals surface area contributed by atoms with Crippen molar-refractivity contribution in [2.45, 2.75) is 44.8 Å². The van der Waals surface area contributed by atoms with Gasteiger partial charge >= 0.3 is 0 Å². The number of hydrogen-bond donors (Lipinski definition) is 2. The van der Waals surface area contributed by atoms with Crippen LogP contribution in [0.5, 0.6) is 0 Å². The number of aliphatic hydroxyl groups excluding tert-OH is 1. The Morgan fingerprint density at radius 3 is 2.50 bits per heavy atom. The van der Waals surface area contributed by atoms with Gasteiger partial charge in [0.1, 0.15) is 0 Å². The second kappa shape index (κ2) is 5.69. The Morgan fingerprint density at radius 1 is 1.50 bits per heavy atom. The maximum Gasteiger partial charge on any atom is 0.0691 e. The summed E-state index contributed by atoms with van der Waals surface area (Å²) in [5.41, 5.74) is 5.36. The third-order valence-corrected chi connectivity index (χ3v) is 1.60. The minimum atomic E-state index is -0.411. The van der Waals surface area contributed by atoms with Crippen LogP contribution in [0.3, 0.4) is 0 Å². The number of unbranched alkanes of at least 4 members (excludes halogenated alkanes) is 2. The molecule has 0 aliphatic heterocycles. The summed E-state index contributed by atoms with van der Waals surface area (Å²) in [5.74, 6) is 0. The van der Waals surface area contributed by atoms with E-state index in [1.165, 1.54) is 12.8 Å². The zero-order chi connectivity index (χ0) is 7.98. The summed E-state index contributed by atoms with van der Waals surface area (Å²) in [7, 11) is 0. The first-order chi connectivity index (χ1) is 4.68. The highest BCUT2D eigenvalue weighted by molar-refractivity contribution is 4.72. The maximum atomic E-state index is 9.17. The van der Waals surface area contributed by atoms with Gasteiger partial charge in [-0.2, -0.15) is 0 Å². The highest BCUT2D eigenvalue weighted by Crippen LogP contribution is 2.04. The molecule has 2 atom stereocenters. The van der Waals surface area contributed by atoms with Gasteiger partial charge in [0.2, 0.25) is 0 Å². The maximum absolute atomic E-state index is 9.17. The monoisotopic (exact) mass is 144 g/mol. The summed E-state index contributed by atoms with van der Waals surface area (Å²) in [4.78, 5) is 0. The standard InChI is InChI=1S/C8H18NO/c1-3-4-5-6-8(10)7(2)9/h7-8,10H,2-6,9H2,1H3. The van der Waals surface area contributed by atoms with Crippen molar-refractivity contribution >= 4 is 0 Å². The third kappa shape index (κ3) is 4.77. The second-order valence-electron chi connectivity index (χ2n) is 2.73. The summed E-state index contributed by atoms with van der Waals surface area (Å²) >= 11 is 0. The summed E-state index contributed by atoms with van der Waals surface area (Å²) in [6, 6.07) is -0.322. The second-order valence-corrected chi connectivity index (χ2v) is 2.73. The SMILES string of the molecule is [CH2]C(N)C(O)CCCCC. The molecule has 2 heteroatoms. The van der Waals surface area contributed by atoms with Crippen molar-refractivity contribution in [2.75, 3.05) is 0 Å². The molecular formula is C8H18NO. The van der Waals surface area contributed by atoms with Gasteiger partial charge in [-0.25, -0.2) is 0 Å². The Hall–Kier alpha value is -0.0800. The molecule has 3 N–H and O–H groups in total. The normalized spacial score (nSPS) is 16.8. The summed E-state index contributed by atoms with van der Waals surface area (Å²) < 4.78 is 0. The van der Waals surface area contributed by atoms with E-state index in [4.69, 9.17) is 10.8 Å². The van der Waals surface area contributed by atoms with Gasteiger partial charge in [0.15, 0.2) is 0 Å². The van der Waals surface area contributed by atoms with Crippen LogP contribution in [0.15, 0.2) is 0 Å². The lowest BCUT2D eigenvalue weighted by atomic mass is 10.1. The molecule has 10 heavy (non-hydrogen) atoms. The van der Waals surface area contributed by atoms with Gasteiger partial charge in [-0.05, 0) is 13.3 Å². The molecule has 0 bridgehead atoms. The van der Waals surface area contributed by atoms with Crippen LogP contribution in [-0.2, 0) is 0 Å². The van der Waals surface area contributed by atoms with E-state index in [2.05, 4.69) is 13.8 Å². The number of nitrogens with two attached hydrogens (primary N) is 1. The van der Waals surface area contributed by atoms with Gasteiger partial charge in [0.25, 0.3) is 0 Å². The van der Waals surface area contributed by atoms with Crippen molar-refractivity contribution in [2.24, 2.45) is 5.73 Å². The van der Waals surface area contributed by atoms with Crippen molar-refractivity contribution in [1.82, 2.24) is 0 Å². The lowest BCUT2D eigenvalue weighted by Gasteiger charge is -2.12. The van der Waals surface area contributed by atoms with E-state index in [0.29, 0.717) is 0 Å². The Kier molecular flexibility index (Phi) is 5.64. The molecule has 0 aliphatic carbocycles. The van der Waals surface area contributed by atoms with E-state index < -0.39 is 6.10 Å². The molecule has 0 heterocycles. The summed E-state index contributed by atoms with van der Waals surface area (Å²) in [5, 5.41) is 9.17. The molecule has 2 unspecified atom stereocenters. The van der Waals surface area contributed by atoms with E-state index in [1.54, 1.807) is 0 Å². The zero-order valence-corrected chi connectivity index (χ0v) is 6.71. The average molecular weight is 144 g/mol. The minimum Gasteiger partial charge on any atom is -0.392 e. The fraction of sp³-hybridized carbons (Fsp3) is 0.875. The minimum absolute atomic E-state index is 0.322. The van der Waals surface area contributed by atoms with Crippen LogP contribution in [0.25, 0.3) is 0 Å². The smallest absolute Gasteiger partial charge is 0.0691 e. The number of hydrogen-bond acceptors (Lipinski definition) is 2. The molecular weight excluding hydrogens is 126 g/mol. The molecule has 0 fully saturated rings. The van der Waals surface area contributed by atoms with Crippen LogP contribution in [0.2, 0.25) is 0 Å². The highest BCUT2D eigenvalue weighted by atomic mass is 16.3. The van der Waals surface area contributed by atoms with E-state index in [1.807, 2.05) is 0 Å². The molecule has 0 saturated heterocycles. The lowest BCUT2D eigenvalue weighted by Crippen LogP contribution is -2.31. The number of aliphatic hydroxyl groups is 1. The fourth-order valence-corrected chi connectivity index (χ4v) is 0.818. The van der Waals surface area contributed by atoms with Crippen molar-refractivity contribution in [3.05, 3.63) is 6.92 Å². The molecule has 61 valence electrons. The van der Waals surface area contributed by atoms with Gasteiger partial charge in [-0.15, -0.1) is 0 Å². The topological polar surface area (TPSA) is 46.2 Å². The molecule has 0 aromatic rings. The number of rotatable bonds is 5. The van der Waals surface area contributed by atoms with Gasteiger partial charge in [-0.3, -0.25) is 0 Å². The van der Waals surface area contributed by atoms with Crippen molar-refractivity contribution in [3.8, 4) is 0 Å². The fourth-order valence-electron chi connectivity index (χ4n) is 0.818. The molecule has 0 amide bonds. The van der Waals surface area contributed by atoms with E-state index in [9.17, 15) is 0 Å². The van der Waals surface area contributed by atoms with E-state index in [0.717, 1.165) is 12.8 Å². The first kappa shape index (κ1) is 9.92. The molecule has 0 saturated carbocycles. The van der Waals surface area contributed by atoms with Crippen LogP contribution >= 0.6 is 0 Å². The Labute approximate surface area is 63.4 Å². The van der Waals surface area contributed by atoms with Crippen LogP contribution in [0.1, 0.15) is 32.6 Å². The van der Waals surface area contributed by atoms with Gasteiger partial charge in [0, 0.05) is 6.04 Å². The van der Waals surface area contributed by atoms with Crippen molar-refractivity contribution in [3.63, 3.8) is 0 Å². The zero-order valence-electron chi connectivity index (χ0n) is 6.71. The quantitative estimate of drug-likeness (QED) is 0.567. The van der Waals surface area contributed by atoms with E-state index in [-0.39, 0.29) is 6.04 Å². The Bertz CT molecular complexity index is 73.7. The largest absolute Gasteiger partial charge is 0.392 e. The summed E-state index contributed by atoms with van der Waals surface area (Å²) in [6.45, 7) is 5.68. The molecule has 0 spiro atoms. The highest BCUT2D eigenvalue weighted by Gasteiger charge is 2.07. The van der Waals surface area contributed by atoms with Gasteiger partial charge < -0.3 is 10.8 Å². The first-order valence-corrected chi connectivity index (χ1v) is 3.95. The molecule has 0 aromatic heterocycles. The summed E-state index contributed by atoms with van der Waals surface area (Å²) in [6.07, 6.45) is 3.79. The third-order valence-electron chi connectivity index (χ3n) is 1.60. The Balaban J connectivity index is 3.13. The lowest BCUT2D eigenvalue weighted by molar-refractivity contribution is 0.146. The molecule has 1 radical (unpaired) electrons. The molecule has 0 aliphatic rings. The van der Waals surface area contributed by atoms with E-state index >= 15 is 0 Å². The van der Waals surface area contributed by atoms with Crippen LogP contribution in [0.4, 0.5) is 0 Å². The van der Waals surface area contributed by atoms with Crippen molar-refractivity contribution in [1.29, 1.82) is 0 Å². The predicted octanol–water partition coefficient (Wildman–Crippen LogP) is 1.09. The van der Waals surface area contributed by atoms with Crippen molar-refractivity contribution < 1.29 is 5.11 Å². The van der Waals surface area contributed by atoms with Crippen LogP contribution < -0.4 is 5.73 Å². The average Bonchev–Trinajstić information content (AvgIpc) is 1.88. The van der Waals surface area contributed by atoms with Gasteiger partial charge in [0.05, 0.1) is 6.10 Å².